The third kappa shape index (κ3) is 4.21. The number of likely N-dealkylation sites (N-methyl/N-ethyl adjacent to an activating group) is 1. The van der Waals surface area contributed by atoms with Crippen LogP contribution >= 0.6 is 0 Å². The van der Waals surface area contributed by atoms with Crippen LogP contribution < -0.4 is 9.64 Å². The van der Waals surface area contributed by atoms with E-state index in [-0.39, 0.29) is 12.0 Å². The van der Waals surface area contributed by atoms with Crippen LogP contribution in [-0.2, 0) is 24.2 Å². The number of hydrogen-bond acceptors (Lipinski definition) is 3. The lowest BCUT2D eigenvalue weighted by atomic mass is 9.88. The van der Waals surface area contributed by atoms with Crippen molar-refractivity contribution in [2.24, 2.45) is 0 Å². The van der Waals surface area contributed by atoms with Gasteiger partial charge >= 0.3 is 5.97 Å². The summed E-state index contributed by atoms with van der Waals surface area (Å²) >= 11 is 0. The number of ether oxygens (including phenoxy) is 1. The zero-order chi connectivity index (χ0) is 24.1. The molecule has 1 N–H and O–H groups in total. The number of anilines is 1. The molecule has 33 heavy (non-hydrogen) atoms. The molecule has 1 aromatic heterocycles. The Kier molecular flexibility index (Phi) is 5.94. The van der Waals surface area contributed by atoms with Crippen LogP contribution in [0.25, 0.3) is 22.0 Å². The van der Waals surface area contributed by atoms with Crippen LogP contribution in [0.2, 0.25) is 0 Å². The Morgan fingerprint density at radius 2 is 1.88 bits per heavy atom. The van der Waals surface area contributed by atoms with Crippen LogP contribution in [-0.4, -0.2) is 34.8 Å². The fraction of sp³-hybridized carbons (Fsp3) is 0.464. The van der Waals surface area contributed by atoms with Crippen molar-refractivity contribution in [3.8, 4) is 16.9 Å². The topological polar surface area (TPSA) is 54.7 Å². The van der Waals surface area contributed by atoms with Crippen molar-refractivity contribution in [3.05, 3.63) is 46.6 Å². The van der Waals surface area contributed by atoms with Gasteiger partial charge < -0.3 is 19.3 Å². The third-order valence-corrected chi connectivity index (χ3v) is 6.48. The molecule has 0 saturated heterocycles. The molecule has 0 amide bonds. The van der Waals surface area contributed by atoms with Crippen molar-refractivity contribution in [2.75, 3.05) is 18.5 Å². The van der Waals surface area contributed by atoms with Crippen molar-refractivity contribution in [1.29, 1.82) is 0 Å². The summed E-state index contributed by atoms with van der Waals surface area (Å²) in [5.74, 6) is -0.0132. The number of rotatable bonds is 6. The molecule has 1 aliphatic heterocycles. The molecular formula is C28H36N2O3. The molecule has 0 bridgehead atoms. The Hall–Kier alpha value is -2.95. The maximum atomic E-state index is 12.0. The normalized spacial score (nSPS) is 13.6. The zero-order valence-electron chi connectivity index (χ0n) is 21.0. The van der Waals surface area contributed by atoms with Gasteiger partial charge in [-0.3, -0.25) is 4.79 Å². The lowest BCUT2D eigenvalue weighted by molar-refractivity contribution is -0.136. The van der Waals surface area contributed by atoms with E-state index in [1.54, 1.807) is 0 Å². The predicted molar refractivity (Wildman–Crippen MR) is 136 cm³/mol. The van der Waals surface area contributed by atoms with Gasteiger partial charge in [0.2, 0.25) is 0 Å². The number of hydrogen-bond donors (Lipinski definition) is 1. The lowest BCUT2D eigenvalue weighted by Gasteiger charge is -2.32. The predicted octanol–water partition coefficient (Wildman–Crippen LogP) is 6.13. The molecule has 0 spiro atoms. The fourth-order valence-corrected chi connectivity index (χ4v) is 5.20. The van der Waals surface area contributed by atoms with E-state index in [2.05, 4.69) is 61.6 Å². The number of aryl methyl sites for hydroxylation is 2. The van der Waals surface area contributed by atoms with E-state index >= 15 is 0 Å². The summed E-state index contributed by atoms with van der Waals surface area (Å²) in [6, 6.07) is 8.55. The maximum absolute atomic E-state index is 12.0. The lowest BCUT2D eigenvalue weighted by Crippen LogP contribution is -2.29. The second-order valence-electron chi connectivity index (χ2n) is 10.3. The molecule has 0 radical (unpaired) electrons. The highest BCUT2D eigenvalue weighted by Crippen LogP contribution is 2.47. The van der Waals surface area contributed by atoms with E-state index in [1.165, 1.54) is 11.2 Å². The van der Waals surface area contributed by atoms with Crippen LogP contribution in [0.1, 0.15) is 56.5 Å². The first-order chi connectivity index (χ1) is 15.5. The van der Waals surface area contributed by atoms with E-state index in [4.69, 9.17) is 4.74 Å². The first kappa shape index (κ1) is 23.2. The Morgan fingerprint density at radius 3 is 2.52 bits per heavy atom. The smallest absolute Gasteiger partial charge is 0.307 e. The number of aliphatic carboxylic acids is 1. The summed E-state index contributed by atoms with van der Waals surface area (Å²) in [7, 11) is 2.11. The number of benzene rings is 2. The standard InChI is InChI=1S/C28H36N2O3/c1-8-9-19-15-22-25(20-11-10-17(2)14-23(20)33-28(4,5)6)21(16-24(31)32)18(3)26-27(22)30(19)13-12-29(26)7/h10-11,14-15H,8-9,12-13,16H2,1-7H3,(H,31,32). The maximum Gasteiger partial charge on any atom is 0.307 e. The van der Waals surface area contributed by atoms with Gasteiger partial charge in [-0.2, -0.15) is 0 Å². The first-order valence-corrected chi connectivity index (χ1v) is 11.9. The van der Waals surface area contributed by atoms with Crippen molar-refractivity contribution >= 4 is 22.6 Å². The molecule has 0 atom stereocenters. The summed E-state index contributed by atoms with van der Waals surface area (Å²) in [6.45, 7) is 14.3. The monoisotopic (exact) mass is 448 g/mol. The molecule has 2 aromatic carbocycles. The van der Waals surface area contributed by atoms with Gasteiger partial charge in [0.15, 0.2) is 0 Å². The summed E-state index contributed by atoms with van der Waals surface area (Å²) < 4.78 is 8.88. The summed E-state index contributed by atoms with van der Waals surface area (Å²) in [5, 5.41) is 11.0. The molecule has 5 heteroatoms. The number of aromatic nitrogens is 1. The minimum absolute atomic E-state index is 0.0188. The first-order valence-electron chi connectivity index (χ1n) is 11.9. The van der Waals surface area contributed by atoms with Gasteiger partial charge in [-0.15, -0.1) is 0 Å². The minimum atomic E-state index is -0.817. The highest BCUT2D eigenvalue weighted by molar-refractivity contribution is 6.08. The number of nitrogens with zero attached hydrogens (tertiary/aromatic N) is 2. The van der Waals surface area contributed by atoms with E-state index in [0.717, 1.165) is 70.6 Å². The fourth-order valence-electron chi connectivity index (χ4n) is 5.20. The van der Waals surface area contributed by atoms with E-state index in [9.17, 15) is 9.90 Å². The summed E-state index contributed by atoms with van der Waals surface area (Å²) in [4.78, 5) is 14.3. The van der Waals surface area contributed by atoms with Crippen LogP contribution in [0.5, 0.6) is 5.75 Å². The van der Waals surface area contributed by atoms with E-state index in [0.29, 0.717) is 0 Å². The minimum Gasteiger partial charge on any atom is -0.487 e. The second kappa shape index (κ2) is 8.44. The van der Waals surface area contributed by atoms with Crippen LogP contribution in [0.4, 0.5) is 5.69 Å². The third-order valence-electron chi connectivity index (χ3n) is 6.48. The SMILES string of the molecule is CCCc1cc2c(-c3ccc(C)cc3OC(C)(C)C)c(CC(=O)O)c(C)c3c2n1CCN3C. The second-order valence-corrected chi connectivity index (χ2v) is 10.3. The quantitative estimate of drug-likeness (QED) is 0.493. The average Bonchev–Trinajstić information content (AvgIpc) is 3.05. The Bertz CT molecular complexity index is 1230. The molecule has 0 saturated carbocycles. The molecule has 4 rings (SSSR count). The number of carbonyl (C=O) groups is 1. The highest BCUT2D eigenvalue weighted by Gasteiger charge is 2.29. The molecule has 0 unspecified atom stereocenters. The van der Waals surface area contributed by atoms with E-state index < -0.39 is 5.97 Å². The average molecular weight is 449 g/mol. The Labute approximate surface area is 197 Å². The molecule has 5 nitrogen and oxygen atoms in total. The largest absolute Gasteiger partial charge is 0.487 e. The summed E-state index contributed by atoms with van der Waals surface area (Å²) in [5.41, 5.74) is 8.34. The van der Waals surface area contributed by atoms with Crippen LogP contribution in [0, 0.1) is 13.8 Å². The highest BCUT2D eigenvalue weighted by atomic mass is 16.5. The summed E-state index contributed by atoms with van der Waals surface area (Å²) in [6.07, 6.45) is 2.06. The van der Waals surface area contributed by atoms with Gasteiger partial charge in [0, 0.05) is 36.8 Å². The molecule has 0 aliphatic carbocycles. The Morgan fingerprint density at radius 1 is 1.15 bits per heavy atom. The van der Waals surface area contributed by atoms with Crippen molar-refractivity contribution in [3.63, 3.8) is 0 Å². The van der Waals surface area contributed by atoms with Gasteiger partial charge in [0.25, 0.3) is 0 Å². The molecule has 176 valence electrons. The van der Waals surface area contributed by atoms with Gasteiger partial charge in [-0.1, -0.05) is 25.5 Å². The van der Waals surface area contributed by atoms with Gasteiger partial charge in [-0.25, -0.2) is 0 Å². The molecule has 3 aromatic rings. The number of carboxylic acid groups (broad SMARTS) is 1. The van der Waals surface area contributed by atoms with Crippen molar-refractivity contribution < 1.29 is 14.6 Å². The van der Waals surface area contributed by atoms with E-state index in [1.807, 2.05) is 20.8 Å². The number of carboxylic acids is 1. The molecule has 2 heterocycles. The molecular weight excluding hydrogens is 412 g/mol. The van der Waals surface area contributed by atoms with Crippen LogP contribution in [0.15, 0.2) is 24.3 Å². The van der Waals surface area contributed by atoms with Crippen LogP contribution in [0.3, 0.4) is 0 Å². The van der Waals surface area contributed by atoms with Gasteiger partial charge in [0.1, 0.15) is 11.4 Å². The zero-order valence-corrected chi connectivity index (χ0v) is 21.0. The van der Waals surface area contributed by atoms with Gasteiger partial charge in [-0.05, 0) is 75.4 Å². The Balaban J connectivity index is 2.14. The van der Waals surface area contributed by atoms with Gasteiger partial charge in [0.05, 0.1) is 17.6 Å². The van der Waals surface area contributed by atoms with Crippen molar-refractivity contribution in [2.45, 2.75) is 73.0 Å². The molecule has 0 fully saturated rings. The molecule has 1 aliphatic rings. The van der Waals surface area contributed by atoms with Crippen molar-refractivity contribution in [1.82, 2.24) is 4.57 Å².